The van der Waals surface area contributed by atoms with Crippen molar-refractivity contribution < 1.29 is 33.6 Å². The predicted octanol–water partition coefficient (Wildman–Crippen LogP) is 2.62. The van der Waals surface area contributed by atoms with Crippen molar-refractivity contribution in [2.75, 3.05) is 66.8 Å². The topological polar surface area (TPSA) is 101 Å². The van der Waals surface area contributed by atoms with Crippen molar-refractivity contribution in [3.05, 3.63) is 23.8 Å². The van der Waals surface area contributed by atoms with E-state index in [9.17, 15) is 14.7 Å². The van der Waals surface area contributed by atoms with Gasteiger partial charge in [0.1, 0.15) is 0 Å². The largest absolute Gasteiger partial charge is 0.481 e. The van der Waals surface area contributed by atoms with Crippen LogP contribution in [-0.4, -0.2) is 111 Å². The first-order valence-electron chi connectivity index (χ1n) is 13.9. The zero-order valence-electron chi connectivity index (χ0n) is 23.0. The monoisotopic (exact) mass is 533 g/mol. The first-order chi connectivity index (χ1) is 18.4. The van der Waals surface area contributed by atoms with Gasteiger partial charge in [0, 0.05) is 31.6 Å². The van der Waals surface area contributed by atoms with Gasteiger partial charge in [-0.15, -0.1) is 0 Å². The normalized spacial score (nSPS) is 23.4. The quantitative estimate of drug-likeness (QED) is 0.387. The molecule has 0 radical (unpaired) electrons. The van der Waals surface area contributed by atoms with Crippen LogP contribution < -0.4 is 9.47 Å². The van der Waals surface area contributed by atoms with E-state index in [1.807, 2.05) is 37.2 Å². The minimum absolute atomic E-state index is 0.0612. The number of carboxylic acid groups (broad SMARTS) is 1. The van der Waals surface area contributed by atoms with Crippen LogP contribution in [0.4, 0.5) is 0 Å². The molecule has 212 valence electrons. The van der Waals surface area contributed by atoms with Gasteiger partial charge in [0.05, 0.1) is 25.7 Å². The number of ether oxygens (including phenoxy) is 4. The fourth-order valence-electron chi connectivity index (χ4n) is 5.78. The van der Waals surface area contributed by atoms with Crippen molar-refractivity contribution in [3.63, 3.8) is 0 Å². The Bertz CT molecular complexity index is 937. The fourth-order valence-corrected chi connectivity index (χ4v) is 5.78. The number of fused-ring (bicyclic) bond motifs is 1. The second-order valence-electron chi connectivity index (χ2n) is 10.7. The number of aliphatic carboxylic acids is 1. The summed E-state index contributed by atoms with van der Waals surface area (Å²) in [5.41, 5.74) is 0.892. The number of carboxylic acids is 1. The minimum Gasteiger partial charge on any atom is -0.481 e. The number of benzene rings is 1. The third-order valence-electron chi connectivity index (χ3n) is 7.75. The van der Waals surface area contributed by atoms with E-state index in [1.54, 1.807) is 0 Å². The Labute approximate surface area is 225 Å². The molecule has 2 fully saturated rings. The Morgan fingerprint density at radius 3 is 2.47 bits per heavy atom. The van der Waals surface area contributed by atoms with E-state index in [0.29, 0.717) is 50.6 Å². The molecule has 0 saturated carbocycles. The lowest BCUT2D eigenvalue weighted by Gasteiger charge is -2.30. The van der Waals surface area contributed by atoms with Crippen LogP contribution in [0.2, 0.25) is 0 Å². The highest BCUT2D eigenvalue weighted by molar-refractivity contribution is 5.79. The van der Waals surface area contributed by atoms with Crippen molar-refractivity contribution in [3.8, 4) is 11.5 Å². The standard InChI is InChI=1S/C28H43N3O7/c1-4-5-12-30(13-6-11-29(2)3)25(32)18-31-17-21(20-7-9-23-24(16-20)38-19-37-23)27(28(33)34)22(31)8-10-26-35-14-15-36-26/h7,9,16,21-22,26-27H,4-6,8,10-15,17-19H2,1-3H3,(H,33,34)/t21-,22+,27?/m1/s1. The van der Waals surface area contributed by atoms with Gasteiger partial charge in [0.25, 0.3) is 0 Å². The van der Waals surface area contributed by atoms with Crippen LogP contribution in [-0.2, 0) is 19.1 Å². The Morgan fingerprint density at radius 1 is 1.03 bits per heavy atom. The summed E-state index contributed by atoms with van der Waals surface area (Å²) in [6, 6.07) is 5.35. The smallest absolute Gasteiger partial charge is 0.308 e. The molecule has 38 heavy (non-hydrogen) atoms. The zero-order chi connectivity index (χ0) is 27.1. The molecular weight excluding hydrogens is 490 g/mol. The number of amides is 1. The van der Waals surface area contributed by atoms with Gasteiger partial charge in [-0.2, -0.15) is 0 Å². The number of carbonyl (C=O) groups excluding carboxylic acids is 1. The Hall–Kier alpha value is -2.40. The van der Waals surface area contributed by atoms with Crippen molar-refractivity contribution in [2.45, 2.75) is 57.3 Å². The number of hydrogen-bond donors (Lipinski definition) is 1. The summed E-state index contributed by atoms with van der Waals surface area (Å²) in [5, 5.41) is 10.4. The summed E-state index contributed by atoms with van der Waals surface area (Å²) in [6.45, 7) is 6.42. The molecule has 1 amide bonds. The molecular formula is C28H43N3O7. The average molecular weight is 534 g/mol. The molecule has 1 aromatic rings. The molecule has 2 saturated heterocycles. The molecule has 3 aliphatic rings. The number of nitrogens with zero attached hydrogens (tertiary/aromatic N) is 3. The SMILES string of the molecule is CCCCN(CCCN(C)C)C(=O)CN1C[C@H](c2ccc3c(c2)OCO3)C(C(=O)O)[C@@H]1CCC1OCCO1. The molecule has 10 nitrogen and oxygen atoms in total. The van der Waals surface area contributed by atoms with Crippen LogP contribution in [0.5, 0.6) is 11.5 Å². The lowest BCUT2D eigenvalue weighted by atomic mass is 9.83. The number of hydrogen-bond acceptors (Lipinski definition) is 8. The van der Waals surface area contributed by atoms with Crippen LogP contribution in [0, 0.1) is 5.92 Å². The van der Waals surface area contributed by atoms with Gasteiger partial charge in [0.15, 0.2) is 17.8 Å². The molecule has 0 spiro atoms. The highest BCUT2D eigenvalue weighted by atomic mass is 16.7. The summed E-state index contributed by atoms with van der Waals surface area (Å²) >= 11 is 0. The maximum absolute atomic E-state index is 13.6. The molecule has 3 heterocycles. The molecule has 0 aromatic heterocycles. The molecule has 3 atom stereocenters. The Morgan fingerprint density at radius 2 is 1.76 bits per heavy atom. The van der Waals surface area contributed by atoms with E-state index < -0.39 is 11.9 Å². The number of unbranched alkanes of at least 4 members (excludes halogenated alkanes) is 1. The van der Waals surface area contributed by atoms with Crippen LogP contribution in [0.1, 0.15) is 50.5 Å². The van der Waals surface area contributed by atoms with E-state index >= 15 is 0 Å². The average Bonchev–Trinajstić information content (AvgIpc) is 3.64. The fraction of sp³-hybridized carbons (Fsp3) is 0.714. The minimum atomic E-state index is -0.852. The lowest BCUT2D eigenvalue weighted by molar-refractivity contribution is -0.144. The second kappa shape index (κ2) is 13.6. The Balaban J connectivity index is 1.53. The van der Waals surface area contributed by atoms with Gasteiger partial charge in [-0.1, -0.05) is 19.4 Å². The van der Waals surface area contributed by atoms with Crippen molar-refractivity contribution in [2.24, 2.45) is 5.92 Å². The number of rotatable bonds is 14. The van der Waals surface area contributed by atoms with E-state index in [2.05, 4.69) is 16.7 Å². The molecule has 3 aliphatic heterocycles. The van der Waals surface area contributed by atoms with E-state index in [0.717, 1.165) is 37.9 Å². The number of carbonyl (C=O) groups is 2. The maximum atomic E-state index is 13.6. The maximum Gasteiger partial charge on any atom is 0.308 e. The van der Waals surface area contributed by atoms with Gasteiger partial charge < -0.3 is 33.9 Å². The van der Waals surface area contributed by atoms with Gasteiger partial charge in [-0.05, 0) is 64.0 Å². The van der Waals surface area contributed by atoms with Crippen LogP contribution in [0.15, 0.2) is 18.2 Å². The molecule has 1 N–H and O–H groups in total. The highest BCUT2D eigenvalue weighted by Crippen LogP contribution is 2.43. The van der Waals surface area contributed by atoms with E-state index in [4.69, 9.17) is 18.9 Å². The van der Waals surface area contributed by atoms with Gasteiger partial charge >= 0.3 is 5.97 Å². The Kier molecular flexibility index (Phi) is 10.2. The molecule has 4 rings (SSSR count). The predicted molar refractivity (Wildman–Crippen MR) is 141 cm³/mol. The summed E-state index contributed by atoms with van der Waals surface area (Å²) in [6.07, 6.45) is 3.71. The highest BCUT2D eigenvalue weighted by Gasteiger charge is 2.47. The third-order valence-corrected chi connectivity index (χ3v) is 7.75. The van der Waals surface area contributed by atoms with Gasteiger partial charge in [0.2, 0.25) is 12.7 Å². The first kappa shape index (κ1) is 28.6. The van der Waals surface area contributed by atoms with Crippen molar-refractivity contribution in [1.82, 2.24) is 14.7 Å². The zero-order valence-corrected chi connectivity index (χ0v) is 23.0. The molecule has 1 unspecified atom stereocenters. The summed E-state index contributed by atoms with van der Waals surface area (Å²) in [7, 11) is 4.07. The molecule has 0 aliphatic carbocycles. The summed E-state index contributed by atoms with van der Waals surface area (Å²) in [5.74, 6) is -0.426. The van der Waals surface area contributed by atoms with Crippen molar-refractivity contribution >= 4 is 11.9 Å². The number of likely N-dealkylation sites (tertiary alicyclic amines) is 1. The van der Waals surface area contributed by atoms with Gasteiger partial charge in [-0.25, -0.2) is 0 Å². The van der Waals surface area contributed by atoms with Gasteiger partial charge in [-0.3, -0.25) is 14.5 Å². The molecule has 1 aromatic carbocycles. The summed E-state index contributed by atoms with van der Waals surface area (Å²) < 4.78 is 22.3. The summed E-state index contributed by atoms with van der Waals surface area (Å²) in [4.78, 5) is 32.4. The third kappa shape index (κ3) is 7.16. The second-order valence-corrected chi connectivity index (χ2v) is 10.7. The molecule has 10 heteroatoms. The van der Waals surface area contributed by atoms with Crippen LogP contribution >= 0.6 is 0 Å². The van der Waals surface area contributed by atoms with Crippen molar-refractivity contribution in [1.29, 1.82) is 0 Å². The van der Waals surface area contributed by atoms with E-state index in [1.165, 1.54) is 0 Å². The molecule has 0 bridgehead atoms. The van der Waals surface area contributed by atoms with Crippen LogP contribution in [0.3, 0.4) is 0 Å². The van der Waals surface area contributed by atoms with Crippen LogP contribution in [0.25, 0.3) is 0 Å². The lowest BCUT2D eigenvalue weighted by Crippen LogP contribution is -2.45. The van der Waals surface area contributed by atoms with E-state index in [-0.39, 0.29) is 37.5 Å². The first-order valence-corrected chi connectivity index (χ1v) is 13.9.